The second kappa shape index (κ2) is 6.54. The fraction of sp³-hybridized carbons (Fsp3) is 0.250. The summed E-state index contributed by atoms with van der Waals surface area (Å²) < 4.78 is 37.1. The Labute approximate surface area is 122 Å². The van der Waals surface area contributed by atoms with Gasteiger partial charge in [-0.2, -0.15) is 0 Å². The molecule has 0 saturated carbocycles. The Morgan fingerprint density at radius 3 is 2.38 bits per heavy atom. The number of hydrogen-bond donors (Lipinski definition) is 1. The topological polar surface area (TPSA) is 44.5 Å². The molecule has 2 aromatic carbocycles. The van der Waals surface area contributed by atoms with E-state index in [1.165, 1.54) is 6.07 Å². The molecular weight excluding hydrogens is 276 g/mol. The monoisotopic (exact) mass is 293 g/mol. The summed E-state index contributed by atoms with van der Waals surface area (Å²) in [6, 6.07) is 10.3. The molecule has 2 atom stereocenters. The lowest BCUT2D eigenvalue weighted by Crippen LogP contribution is -2.29. The molecule has 0 heterocycles. The molecule has 0 amide bonds. The summed E-state index contributed by atoms with van der Waals surface area (Å²) in [6.45, 7) is 1.78. The first kappa shape index (κ1) is 15.3. The normalized spacial score (nSPS) is 13.6. The van der Waals surface area contributed by atoms with Gasteiger partial charge in [-0.05, 0) is 36.8 Å². The molecule has 3 nitrogen and oxygen atoms in total. The van der Waals surface area contributed by atoms with E-state index >= 15 is 0 Å². The van der Waals surface area contributed by atoms with Gasteiger partial charge in [0.15, 0.2) is 11.6 Å². The van der Waals surface area contributed by atoms with Crippen LogP contribution in [-0.2, 0) is 0 Å². The molecular formula is C16H17F2NO2. The zero-order valence-electron chi connectivity index (χ0n) is 11.8. The zero-order valence-corrected chi connectivity index (χ0v) is 11.8. The van der Waals surface area contributed by atoms with E-state index in [4.69, 9.17) is 15.2 Å². The average Bonchev–Trinajstić information content (AvgIpc) is 2.48. The highest BCUT2D eigenvalue weighted by Crippen LogP contribution is 2.27. The molecule has 0 spiro atoms. The van der Waals surface area contributed by atoms with E-state index in [0.717, 1.165) is 17.7 Å². The minimum Gasteiger partial charge on any atom is -0.497 e. The Morgan fingerprint density at radius 2 is 1.76 bits per heavy atom. The van der Waals surface area contributed by atoms with Crippen LogP contribution in [0.2, 0.25) is 0 Å². The van der Waals surface area contributed by atoms with E-state index in [0.29, 0.717) is 5.75 Å². The summed E-state index contributed by atoms with van der Waals surface area (Å²) >= 11 is 0. The van der Waals surface area contributed by atoms with Gasteiger partial charge in [-0.1, -0.05) is 12.1 Å². The van der Waals surface area contributed by atoms with Gasteiger partial charge in [0.2, 0.25) is 0 Å². The van der Waals surface area contributed by atoms with Gasteiger partial charge in [0, 0.05) is 12.1 Å². The van der Waals surface area contributed by atoms with Crippen molar-refractivity contribution in [2.24, 2.45) is 5.73 Å². The van der Waals surface area contributed by atoms with Crippen molar-refractivity contribution in [3.63, 3.8) is 0 Å². The van der Waals surface area contributed by atoms with Crippen molar-refractivity contribution >= 4 is 0 Å². The summed E-state index contributed by atoms with van der Waals surface area (Å²) in [4.78, 5) is 0. The number of hydrogen-bond acceptors (Lipinski definition) is 3. The van der Waals surface area contributed by atoms with E-state index in [1.807, 2.05) is 12.1 Å². The van der Waals surface area contributed by atoms with Crippen LogP contribution in [0.3, 0.4) is 0 Å². The number of halogens is 2. The third-order valence-electron chi connectivity index (χ3n) is 3.05. The summed E-state index contributed by atoms with van der Waals surface area (Å²) in [5.74, 6) is -0.978. The highest BCUT2D eigenvalue weighted by Gasteiger charge is 2.19. The highest BCUT2D eigenvalue weighted by molar-refractivity contribution is 5.32. The molecule has 0 aliphatic heterocycles. The van der Waals surface area contributed by atoms with E-state index in [1.54, 1.807) is 26.2 Å². The molecule has 0 saturated heterocycles. The first-order chi connectivity index (χ1) is 10.0. The van der Waals surface area contributed by atoms with Crippen molar-refractivity contribution in [2.75, 3.05) is 7.11 Å². The van der Waals surface area contributed by atoms with Crippen LogP contribution >= 0.6 is 0 Å². The molecule has 0 aromatic heterocycles. The summed E-state index contributed by atoms with van der Waals surface area (Å²) in [5.41, 5.74) is 6.74. The van der Waals surface area contributed by atoms with Gasteiger partial charge < -0.3 is 15.2 Å². The van der Waals surface area contributed by atoms with Crippen LogP contribution in [0.25, 0.3) is 0 Å². The van der Waals surface area contributed by atoms with Crippen LogP contribution in [0.4, 0.5) is 8.78 Å². The third kappa shape index (κ3) is 3.70. The summed E-state index contributed by atoms with van der Waals surface area (Å²) in [5, 5.41) is 0. The Kier molecular flexibility index (Phi) is 4.75. The largest absolute Gasteiger partial charge is 0.497 e. The third-order valence-corrected chi connectivity index (χ3v) is 3.05. The minimum absolute atomic E-state index is 0.221. The lowest BCUT2D eigenvalue weighted by molar-refractivity contribution is 0.179. The average molecular weight is 293 g/mol. The molecule has 2 N–H and O–H groups in total. The first-order valence-electron chi connectivity index (χ1n) is 6.52. The lowest BCUT2D eigenvalue weighted by atomic mass is 10.0. The predicted molar refractivity (Wildman–Crippen MR) is 76.4 cm³/mol. The van der Waals surface area contributed by atoms with Crippen LogP contribution in [-0.4, -0.2) is 13.2 Å². The molecule has 0 aliphatic rings. The maximum absolute atomic E-state index is 13.2. The van der Waals surface area contributed by atoms with Crippen LogP contribution in [0.15, 0.2) is 42.5 Å². The fourth-order valence-electron chi connectivity index (χ4n) is 1.99. The Balaban J connectivity index is 2.28. The van der Waals surface area contributed by atoms with Crippen molar-refractivity contribution in [1.29, 1.82) is 0 Å². The molecule has 2 unspecified atom stereocenters. The zero-order chi connectivity index (χ0) is 15.4. The van der Waals surface area contributed by atoms with E-state index in [2.05, 4.69) is 0 Å². The first-order valence-corrected chi connectivity index (χ1v) is 6.52. The van der Waals surface area contributed by atoms with Gasteiger partial charge in [0.05, 0.1) is 7.11 Å². The van der Waals surface area contributed by atoms with Gasteiger partial charge in [-0.15, -0.1) is 0 Å². The summed E-state index contributed by atoms with van der Waals surface area (Å²) in [7, 11) is 1.57. The van der Waals surface area contributed by atoms with Crippen LogP contribution < -0.4 is 15.2 Å². The molecule has 0 bridgehead atoms. The lowest BCUT2D eigenvalue weighted by Gasteiger charge is -2.23. The molecule has 21 heavy (non-hydrogen) atoms. The van der Waals surface area contributed by atoms with Crippen molar-refractivity contribution in [2.45, 2.75) is 19.1 Å². The Hall–Kier alpha value is -2.14. The van der Waals surface area contributed by atoms with Gasteiger partial charge in [0.1, 0.15) is 17.6 Å². The Bertz CT molecular complexity index is 617. The molecule has 2 aromatic rings. The van der Waals surface area contributed by atoms with Crippen molar-refractivity contribution in [3.05, 3.63) is 59.7 Å². The number of rotatable bonds is 5. The smallest absolute Gasteiger partial charge is 0.162 e. The summed E-state index contributed by atoms with van der Waals surface area (Å²) in [6.07, 6.45) is -0.495. The van der Waals surface area contributed by atoms with Gasteiger partial charge in [-0.25, -0.2) is 8.78 Å². The Morgan fingerprint density at radius 1 is 1.00 bits per heavy atom. The molecule has 0 aliphatic carbocycles. The predicted octanol–water partition coefficient (Wildman–Crippen LogP) is 3.44. The van der Waals surface area contributed by atoms with Gasteiger partial charge in [-0.3, -0.25) is 0 Å². The van der Waals surface area contributed by atoms with Gasteiger partial charge in [0.25, 0.3) is 0 Å². The molecule has 0 radical (unpaired) electrons. The number of ether oxygens (including phenoxy) is 2. The number of benzene rings is 2. The quantitative estimate of drug-likeness (QED) is 0.918. The van der Waals surface area contributed by atoms with Crippen molar-refractivity contribution < 1.29 is 18.3 Å². The second-order valence-electron chi connectivity index (χ2n) is 4.75. The molecule has 0 fully saturated rings. The fourth-order valence-corrected chi connectivity index (χ4v) is 1.99. The van der Waals surface area contributed by atoms with Crippen LogP contribution in [0, 0.1) is 11.6 Å². The van der Waals surface area contributed by atoms with Crippen molar-refractivity contribution in [3.8, 4) is 11.5 Å². The van der Waals surface area contributed by atoms with E-state index in [9.17, 15) is 8.78 Å². The molecule has 5 heteroatoms. The molecule has 112 valence electrons. The van der Waals surface area contributed by atoms with Crippen LogP contribution in [0.1, 0.15) is 18.6 Å². The van der Waals surface area contributed by atoms with Crippen LogP contribution in [0.5, 0.6) is 11.5 Å². The standard InChI is InChI=1S/C16H17F2NO2/c1-10(19)16(11-4-3-5-12(8-11)20-2)21-13-6-7-14(17)15(18)9-13/h3-10,16H,19H2,1-2H3. The number of nitrogens with two attached hydrogens (primary N) is 1. The van der Waals surface area contributed by atoms with Gasteiger partial charge >= 0.3 is 0 Å². The second-order valence-corrected chi connectivity index (χ2v) is 4.75. The van der Waals surface area contributed by atoms with E-state index in [-0.39, 0.29) is 11.8 Å². The maximum Gasteiger partial charge on any atom is 0.162 e. The van der Waals surface area contributed by atoms with Crippen molar-refractivity contribution in [1.82, 2.24) is 0 Å². The number of methoxy groups -OCH3 is 1. The van der Waals surface area contributed by atoms with E-state index < -0.39 is 17.7 Å². The minimum atomic E-state index is -0.957. The highest BCUT2D eigenvalue weighted by atomic mass is 19.2. The maximum atomic E-state index is 13.2. The molecule has 2 rings (SSSR count). The SMILES string of the molecule is COc1cccc(C(Oc2ccc(F)c(F)c2)C(C)N)c1.